The van der Waals surface area contributed by atoms with Crippen LogP contribution in [0.1, 0.15) is 82.1 Å². The molecule has 10 amide bonds. The minimum Gasteiger partial charge on any atom is -0.480 e. The monoisotopic (exact) mass is 1280 g/mol. The number of H-pyrrole nitrogens is 2. The summed E-state index contributed by atoms with van der Waals surface area (Å²) in [5.74, 6) is -16.6. The number of aliphatic hydroxyl groups excluding tert-OH is 5. The van der Waals surface area contributed by atoms with Gasteiger partial charge in [0.05, 0.1) is 44.0 Å². The lowest BCUT2D eigenvalue weighted by atomic mass is 9.84. The number of aromatic nitrogens is 2. The van der Waals surface area contributed by atoms with Crippen LogP contribution in [0.2, 0.25) is 0 Å². The number of carbonyl (C=O) groups is 12. The summed E-state index contributed by atoms with van der Waals surface area (Å²) in [6.45, 7) is 7.72. The Balaban J connectivity index is 1.20. The highest BCUT2D eigenvalue weighted by Gasteiger charge is 2.58. The summed E-state index contributed by atoms with van der Waals surface area (Å²) in [6, 6.07) is -7.02. The molecule has 17 unspecified atom stereocenters. The van der Waals surface area contributed by atoms with Crippen LogP contribution in [0.4, 0.5) is 0 Å². The highest BCUT2D eigenvalue weighted by atomic mass is 16.5. The number of aryl methyl sites for hydroxylation is 2. The number of piperidine rings is 1. The van der Waals surface area contributed by atoms with Gasteiger partial charge in [0.2, 0.25) is 53.2 Å². The Hall–Kier alpha value is -9.34. The van der Waals surface area contributed by atoms with E-state index < -0.39 is 199 Å². The van der Waals surface area contributed by atoms with E-state index in [0.717, 1.165) is 41.7 Å². The van der Waals surface area contributed by atoms with Crippen LogP contribution in [0.5, 0.6) is 0 Å². The highest BCUT2D eigenvalue weighted by molar-refractivity contribution is 6.07. The maximum absolute atomic E-state index is 15.3. The van der Waals surface area contributed by atoms with Crippen molar-refractivity contribution in [3.63, 3.8) is 0 Å². The largest absolute Gasteiger partial charge is 0.480 e. The number of nitrogens with one attached hydrogen (secondary N) is 10. The predicted octanol–water partition coefficient (Wildman–Crippen LogP) is -5.01. The van der Waals surface area contributed by atoms with Crippen LogP contribution in [0, 0.1) is 19.8 Å². The SMILES string of the molecule is Cc1ccc2[nH]cc(/C=C3/NC(=O)C4C(O)CCN4C(=O)CNC(=O)C(C)NC(=O)C(C(C)O)NC(=O)C(NC(=O)C(CO)NC(=O)CC(N)C(=O)O)C(C)OC(=O)C4C(O)CC5C(C)C(O)C(NC(=O)C(C(C)c6c[nH]c7ccc(C)cc67)NC3=O)C(=O)N54)c2c1. The molecule has 6 heterocycles. The van der Waals surface area contributed by atoms with Gasteiger partial charge in [-0.2, -0.15) is 0 Å². The number of aliphatic carboxylic acids is 1. The second-order valence-corrected chi connectivity index (χ2v) is 23.9. The molecule has 4 aromatic rings. The minimum absolute atomic E-state index is 0.151. The fourth-order valence-corrected chi connectivity index (χ4v) is 12.0. The number of nitrogens with two attached hydrogens (primary N) is 1. The van der Waals surface area contributed by atoms with E-state index in [-0.39, 0.29) is 19.4 Å². The van der Waals surface area contributed by atoms with Gasteiger partial charge in [0.25, 0.3) is 5.91 Å². The van der Waals surface area contributed by atoms with Crippen molar-refractivity contribution in [1.29, 1.82) is 0 Å². The number of hydrogen-bond donors (Lipinski definition) is 17. The van der Waals surface area contributed by atoms with Crippen LogP contribution in [-0.4, -0.2) is 232 Å². The number of aliphatic hydroxyl groups is 5. The van der Waals surface area contributed by atoms with Gasteiger partial charge in [-0.15, -0.1) is 0 Å². The number of cyclic esters (lactones) is 1. The van der Waals surface area contributed by atoms with Gasteiger partial charge in [-0.05, 0) is 83.4 Å². The number of fused-ring (bicyclic) bond motifs is 4. The first-order valence-electron chi connectivity index (χ1n) is 29.8. The number of aromatic amines is 2. The van der Waals surface area contributed by atoms with Crippen LogP contribution >= 0.6 is 0 Å². The summed E-state index contributed by atoms with van der Waals surface area (Å²) in [4.78, 5) is 177. The first-order valence-corrected chi connectivity index (χ1v) is 29.8. The number of hydrogen-bond acceptors (Lipinski definition) is 19. The van der Waals surface area contributed by atoms with Crippen molar-refractivity contribution in [2.45, 2.75) is 165 Å². The van der Waals surface area contributed by atoms with Crippen molar-refractivity contribution >= 4 is 98.9 Å². The van der Waals surface area contributed by atoms with Gasteiger partial charge in [0.15, 0.2) is 6.04 Å². The van der Waals surface area contributed by atoms with Gasteiger partial charge in [-0.3, -0.25) is 52.7 Å². The van der Waals surface area contributed by atoms with Crippen molar-refractivity contribution in [2.24, 2.45) is 11.7 Å². The van der Waals surface area contributed by atoms with E-state index in [0.29, 0.717) is 32.9 Å². The number of carbonyl (C=O) groups excluding carboxylic acids is 11. The third kappa shape index (κ3) is 14.7. The van der Waals surface area contributed by atoms with Gasteiger partial charge in [-0.25, -0.2) is 4.79 Å². The summed E-state index contributed by atoms with van der Waals surface area (Å²) >= 11 is 0. The summed E-state index contributed by atoms with van der Waals surface area (Å²) in [7, 11) is 0. The predicted molar refractivity (Wildman–Crippen MR) is 322 cm³/mol. The number of carboxylic acids is 1. The molecule has 0 spiro atoms. The molecule has 32 heteroatoms. The quantitative estimate of drug-likeness (QED) is 0.0494. The lowest BCUT2D eigenvalue weighted by Gasteiger charge is -2.44. The van der Waals surface area contributed by atoms with E-state index in [4.69, 9.17) is 10.5 Å². The van der Waals surface area contributed by atoms with Gasteiger partial charge in [-0.1, -0.05) is 37.1 Å². The Kier molecular flexibility index (Phi) is 21.2. The number of esters is 1. The van der Waals surface area contributed by atoms with Crippen molar-refractivity contribution in [3.05, 3.63) is 76.7 Å². The summed E-state index contributed by atoms with van der Waals surface area (Å²) in [5, 5.41) is 85.5. The Morgan fingerprint density at radius 3 is 2.09 bits per heavy atom. The molecule has 0 radical (unpaired) electrons. The fraction of sp³-hybridized carbons (Fsp3) is 0.500. The average Bonchev–Trinajstić information content (AvgIpc) is 1.56. The second kappa shape index (κ2) is 28.4. The van der Waals surface area contributed by atoms with E-state index in [2.05, 4.69) is 52.5 Å². The molecule has 0 aliphatic carbocycles. The van der Waals surface area contributed by atoms with E-state index in [1.54, 1.807) is 37.5 Å². The summed E-state index contributed by atoms with van der Waals surface area (Å²) < 4.78 is 5.74. The van der Waals surface area contributed by atoms with E-state index in [1.165, 1.54) is 13.0 Å². The van der Waals surface area contributed by atoms with E-state index >= 15 is 14.4 Å². The van der Waals surface area contributed by atoms with Crippen molar-refractivity contribution in [2.75, 3.05) is 19.7 Å². The zero-order valence-corrected chi connectivity index (χ0v) is 51.2. The van der Waals surface area contributed by atoms with Crippen LogP contribution in [0.25, 0.3) is 27.9 Å². The molecule has 17 atom stereocenters. The molecule has 92 heavy (non-hydrogen) atoms. The first kappa shape index (κ1) is 68.6. The summed E-state index contributed by atoms with van der Waals surface area (Å²) in [5.41, 5.74) is 8.70. The molecule has 496 valence electrons. The number of rotatable bonds is 11. The molecule has 4 aliphatic heterocycles. The van der Waals surface area contributed by atoms with Gasteiger partial charge in [0, 0.05) is 64.2 Å². The van der Waals surface area contributed by atoms with Crippen LogP contribution in [-0.2, 0) is 62.3 Å². The number of benzene rings is 2. The molecule has 8 rings (SSSR count). The first-order chi connectivity index (χ1) is 43.4. The second-order valence-electron chi connectivity index (χ2n) is 23.9. The lowest BCUT2D eigenvalue weighted by Crippen LogP contribution is -2.68. The smallest absolute Gasteiger partial charge is 0.331 e. The fourth-order valence-electron chi connectivity index (χ4n) is 12.0. The molecule has 18 N–H and O–H groups in total. The molecule has 2 bridgehead atoms. The average molecular weight is 1280 g/mol. The van der Waals surface area contributed by atoms with Gasteiger partial charge < -0.3 is 103 Å². The van der Waals surface area contributed by atoms with Gasteiger partial charge >= 0.3 is 11.9 Å². The number of ether oxygens (including phenoxy) is 1. The molecular weight excluding hydrogens is 1210 g/mol. The summed E-state index contributed by atoms with van der Waals surface area (Å²) in [6.07, 6.45) is -5.71. The van der Waals surface area contributed by atoms with Crippen LogP contribution < -0.4 is 48.3 Å². The van der Waals surface area contributed by atoms with Crippen molar-refractivity contribution < 1.29 is 92.9 Å². The molecule has 4 aliphatic rings. The molecule has 32 nitrogen and oxygen atoms in total. The van der Waals surface area contributed by atoms with E-state index in [1.807, 2.05) is 32.0 Å². The topological polar surface area (TPSA) is 496 Å². The minimum atomic E-state index is -2.18. The Morgan fingerprint density at radius 1 is 0.793 bits per heavy atom. The number of nitrogens with zero attached hydrogens (tertiary/aromatic N) is 2. The number of amides is 10. The Morgan fingerprint density at radius 2 is 1.43 bits per heavy atom. The maximum atomic E-state index is 15.3. The molecule has 0 saturated carbocycles. The Bertz CT molecular complexity index is 3610. The standard InChI is InChI=1S/C60H77N13O19/c1-23-8-10-35-31(14-23)30(19-62-35)16-37-52(82)68-44(25(3)33-20-63-36-11-9-24(2)15-32(33)36)54(84)71-47-50(80)26(4)39-18-41(77)49(73(39)58(47)88)60(91)92-29(7)46(70-53(83)38(22-74)66-42(78)17-34(61)59(89)90)56(86)69-45(28(6)75)55(85)65-27(5)51(81)64-21-43(79)72-13-12-40(76)48(72)57(87)67-37/h8-11,14-16,19-20,25-29,34,38-41,44-50,62-63,74-77,80H,12-13,17-18,21-22,61H2,1-7H3,(H,64,81)(H,65,85)(H,66,78)(H,67,87)(H,68,82)(H,69,86)(H,70,83)(H,71,84)(H,89,90)/b37-16+. The zero-order chi connectivity index (χ0) is 67.5. The molecule has 2 aromatic heterocycles. The third-order valence-electron chi connectivity index (χ3n) is 17.2. The lowest BCUT2D eigenvalue weighted by molar-refractivity contribution is -0.169. The third-order valence-corrected chi connectivity index (χ3v) is 17.2. The van der Waals surface area contributed by atoms with Crippen LogP contribution in [0.15, 0.2) is 54.5 Å². The highest BCUT2D eigenvalue weighted by Crippen LogP contribution is 2.38. The molecule has 2 aromatic carbocycles. The molecule has 4 fully saturated rings. The maximum Gasteiger partial charge on any atom is 0.331 e. The molecule has 4 saturated heterocycles. The van der Waals surface area contributed by atoms with Crippen LogP contribution in [0.3, 0.4) is 0 Å². The van der Waals surface area contributed by atoms with E-state index in [9.17, 15) is 73.8 Å². The zero-order valence-electron chi connectivity index (χ0n) is 51.2. The molecular formula is C60H77N13O19. The normalized spacial score (nSPS) is 29.3. The van der Waals surface area contributed by atoms with Crippen molar-refractivity contribution in [3.8, 4) is 0 Å². The Labute approximate surface area is 525 Å². The number of carboxylic acid groups (broad SMARTS) is 1. The van der Waals surface area contributed by atoms with Gasteiger partial charge in [0.1, 0.15) is 60.1 Å². The van der Waals surface area contributed by atoms with Crippen molar-refractivity contribution in [1.82, 2.24) is 62.3 Å².